The van der Waals surface area contributed by atoms with Crippen LogP contribution in [0.2, 0.25) is 0 Å². The molecule has 122 valence electrons. The third-order valence-electron chi connectivity index (χ3n) is 5.83. The van der Waals surface area contributed by atoms with E-state index < -0.39 is 5.54 Å². The molecule has 0 aromatic carbocycles. The minimum absolute atomic E-state index is 0.206. The van der Waals surface area contributed by atoms with Crippen molar-refractivity contribution in [3.05, 3.63) is 35.2 Å². The fraction of sp³-hybridized carbons (Fsp3) is 0.579. The average Bonchev–Trinajstić information content (AvgIpc) is 3.00. The van der Waals surface area contributed by atoms with Crippen LogP contribution in [0.3, 0.4) is 0 Å². The van der Waals surface area contributed by atoms with Crippen LogP contribution in [0.5, 0.6) is 0 Å². The standard InChI is InChI=1S/C19H25N3O/c1-11-5-4-6-12-13(11)7-21-10-16(12)19(2,3)22-18(23)17-14-8-20-9-15(14)17/h4,6-7,10-11,14-15,17,20H,5,8-9H2,1-3H3,(H,22,23)/t11?,14-,15+,17?. The Labute approximate surface area is 137 Å². The van der Waals surface area contributed by atoms with E-state index in [1.807, 2.05) is 12.4 Å². The molecule has 4 heteroatoms. The van der Waals surface area contributed by atoms with Crippen molar-refractivity contribution in [3.8, 4) is 0 Å². The molecule has 1 aromatic heterocycles. The quantitative estimate of drug-likeness (QED) is 0.901. The van der Waals surface area contributed by atoms with E-state index in [0.717, 1.165) is 25.1 Å². The fourth-order valence-corrected chi connectivity index (χ4v) is 4.35. The molecular weight excluding hydrogens is 286 g/mol. The summed E-state index contributed by atoms with van der Waals surface area (Å²) in [6, 6.07) is 0. The van der Waals surface area contributed by atoms with Crippen LogP contribution < -0.4 is 10.6 Å². The van der Waals surface area contributed by atoms with Gasteiger partial charge in [0, 0.05) is 23.9 Å². The number of pyridine rings is 1. The third kappa shape index (κ3) is 2.40. The molecule has 0 bridgehead atoms. The molecule has 2 N–H and O–H groups in total. The Bertz CT molecular complexity index is 669. The molecule has 4 rings (SSSR count). The Morgan fingerprint density at radius 2 is 2.04 bits per heavy atom. The van der Waals surface area contributed by atoms with Crippen molar-refractivity contribution < 1.29 is 4.79 Å². The number of hydrogen-bond donors (Lipinski definition) is 2. The van der Waals surface area contributed by atoms with E-state index in [-0.39, 0.29) is 11.8 Å². The van der Waals surface area contributed by atoms with Crippen molar-refractivity contribution in [2.45, 2.75) is 38.6 Å². The first-order valence-corrected chi connectivity index (χ1v) is 8.66. The van der Waals surface area contributed by atoms with Crippen molar-refractivity contribution in [1.29, 1.82) is 0 Å². The van der Waals surface area contributed by atoms with E-state index in [4.69, 9.17) is 0 Å². The molecule has 1 aromatic rings. The first-order valence-electron chi connectivity index (χ1n) is 8.66. The van der Waals surface area contributed by atoms with Crippen LogP contribution in [-0.4, -0.2) is 24.0 Å². The number of piperidine rings is 1. The van der Waals surface area contributed by atoms with Gasteiger partial charge in [0.25, 0.3) is 0 Å². The lowest BCUT2D eigenvalue weighted by Crippen LogP contribution is -2.43. The maximum atomic E-state index is 12.7. The van der Waals surface area contributed by atoms with Crippen LogP contribution in [0.25, 0.3) is 6.08 Å². The van der Waals surface area contributed by atoms with E-state index in [0.29, 0.717) is 17.8 Å². The smallest absolute Gasteiger partial charge is 0.224 e. The zero-order valence-corrected chi connectivity index (χ0v) is 14.1. The van der Waals surface area contributed by atoms with Gasteiger partial charge in [-0.2, -0.15) is 0 Å². The predicted molar refractivity (Wildman–Crippen MR) is 90.8 cm³/mol. The molecule has 1 saturated carbocycles. The Morgan fingerprint density at radius 1 is 1.30 bits per heavy atom. The topological polar surface area (TPSA) is 54.0 Å². The van der Waals surface area contributed by atoms with Crippen LogP contribution in [-0.2, 0) is 10.3 Å². The summed E-state index contributed by atoms with van der Waals surface area (Å²) in [6.45, 7) is 8.40. The molecule has 4 atom stereocenters. The lowest BCUT2D eigenvalue weighted by molar-refractivity contribution is -0.124. The lowest BCUT2D eigenvalue weighted by Gasteiger charge is -2.31. The van der Waals surface area contributed by atoms with Gasteiger partial charge >= 0.3 is 0 Å². The third-order valence-corrected chi connectivity index (χ3v) is 5.83. The number of nitrogens with one attached hydrogen (secondary N) is 2. The van der Waals surface area contributed by atoms with Crippen molar-refractivity contribution in [1.82, 2.24) is 15.6 Å². The predicted octanol–water partition coefficient (Wildman–Crippen LogP) is 2.42. The van der Waals surface area contributed by atoms with Gasteiger partial charge < -0.3 is 10.6 Å². The van der Waals surface area contributed by atoms with E-state index in [1.165, 1.54) is 11.1 Å². The number of nitrogens with zero attached hydrogens (tertiary/aromatic N) is 1. The molecule has 3 aliphatic rings. The molecule has 23 heavy (non-hydrogen) atoms. The Kier molecular flexibility index (Phi) is 3.34. The molecule has 2 fully saturated rings. The van der Waals surface area contributed by atoms with Gasteiger partial charge in [0.05, 0.1) is 5.54 Å². The number of fused-ring (bicyclic) bond motifs is 2. The summed E-state index contributed by atoms with van der Waals surface area (Å²) in [5.74, 6) is 2.00. The Hall–Kier alpha value is -1.68. The van der Waals surface area contributed by atoms with Gasteiger partial charge in [-0.15, -0.1) is 0 Å². The summed E-state index contributed by atoms with van der Waals surface area (Å²) in [5, 5.41) is 6.64. The number of amides is 1. The average molecular weight is 311 g/mol. The monoisotopic (exact) mass is 311 g/mol. The van der Waals surface area contributed by atoms with E-state index in [1.54, 1.807) is 0 Å². The van der Waals surface area contributed by atoms with Gasteiger partial charge in [0.1, 0.15) is 0 Å². The number of rotatable bonds is 3. The summed E-state index contributed by atoms with van der Waals surface area (Å²) < 4.78 is 0. The normalized spacial score (nSPS) is 31.4. The molecular formula is C19H25N3O. The summed E-state index contributed by atoms with van der Waals surface area (Å²) in [7, 11) is 0. The molecule has 4 nitrogen and oxygen atoms in total. The van der Waals surface area contributed by atoms with E-state index >= 15 is 0 Å². The molecule has 1 aliphatic heterocycles. The highest BCUT2D eigenvalue weighted by atomic mass is 16.2. The van der Waals surface area contributed by atoms with Crippen LogP contribution in [0, 0.1) is 17.8 Å². The second-order valence-electron chi connectivity index (χ2n) is 7.86. The SMILES string of the molecule is CC1CC=Cc2c1cncc2C(C)(C)NC(=O)C1[C@H]2CNC[C@@H]12. The first kappa shape index (κ1) is 14.9. The zero-order valence-electron chi connectivity index (χ0n) is 14.1. The fourth-order valence-electron chi connectivity index (χ4n) is 4.35. The number of allylic oxidation sites excluding steroid dienone is 1. The molecule has 0 radical (unpaired) electrons. The maximum absolute atomic E-state index is 12.7. The van der Waals surface area contributed by atoms with Gasteiger partial charge in [-0.25, -0.2) is 0 Å². The van der Waals surface area contributed by atoms with Crippen molar-refractivity contribution in [3.63, 3.8) is 0 Å². The number of aromatic nitrogens is 1. The van der Waals surface area contributed by atoms with Crippen LogP contribution in [0.1, 0.15) is 49.8 Å². The highest BCUT2D eigenvalue weighted by Gasteiger charge is 2.57. The van der Waals surface area contributed by atoms with E-state index in [9.17, 15) is 4.79 Å². The van der Waals surface area contributed by atoms with Gasteiger partial charge in [0.15, 0.2) is 0 Å². The van der Waals surface area contributed by atoms with Gasteiger partial charge in [0.2, 0.25) is 5.91 Å². The second-order valence-corrected chi connectivity index (χ2v) is 7.86. The summed E-state index contributed by atoms with van der Waals surface area (Å²) >= 11 is 0. The molecule has 1 saturated heterocycles. The second kappa shape index (κ2) is 5.17. The largest absolute Gasteiger partial charge is 0.347 e. The molecule has 2 unspecified atom stereocenters. The summed E-state index contributed by atoms with van der Waals surface area (Å²) in [4.78, 5) is 17.1. The molecule has 0 spiro atoms. The highest BCUT2D eigenvalue weighted by Crippen LogP contribution is 2.49. The van der Waals surface area contributed by atoms with E-state index in [2.05, 4.69) is 48.5 Å². The molecule has 2 aliphatic carbocycles. The number of carbonyl (C=O) groups is 1. The lowest BCUT2D eigenvalue weighted by atomic mass is 9.82. The number of carbonyl (C=O) groups excluding carboxylic acids is 1. The van der Waals surface area contributed by atoms with Gasteiger partial charge in [-0.3, -0.25) is 9.78 Å². The summed E-state index contributed by atoms with van der Waals surface area (Å²) in [5.41, 5.74) is 3.25. The van der Waals surface area contributed by atoms with Crippen molar-refractivity contribution in [2.75, 3.05) is 13.1 Å². The molecule has 2 heterocycles. The number of hydrogen-bond acceptors (Lipinski definition) is 3. The van der Waals surface area contributed by atoms with Crippen molar-refractivity contribution in [2.24, 2.45) is 17.8 Å². The van der Waals surface area contributed by atoms with Crippen LogP contribution in [0.15, 0.2) is 18.5 Å². The Morgan fingerprint density at radius 3 is 2.78 bits per heavy atom. The molecule has 1 amide bonds. The van der Waals surface area contributed by atoms with Crippen LogP contribution >= 0.6 is 0 Å². The zero-order chi connectivity index (χ0) is 16.2. The minimum Gasteiger partial charge on any atom is -0.347 e. The van der Waals surface area contributed by atoms with Gasteiger partial charge in [-0.1, -0.05) is 19.1 Å². The summed E-state index contributed by atoms with van der Waals surface area (Å²) in [6.07, 6.45) is 9.36. The maximum Gasteiger partial charge on any atom is 0.224 e. The van der Waals surface area contributed by atoms with Gasteiger partial charge in [-0.05, 0) is 62.2 Å². The minimum atomic E-state index is -0.402. The Balaban J connectivity index is 1.58. The van der Waals surface area contributed by atoms with Crippen molar-refractivity contribution >= 4 is 12.0 Å². The highest BCUT2D eigenvalue weighted by molar-refractivity contribution is 5.83. The van der Waals surface area contributed by atoms with Crippen LogP contribution in [0.4, 0.5) is 0 Å². The first-order chi connectivity index (χ1) is 11.0.